The maximum absolute atomic E-state index is 11.7. The van der Waals surface area contributed by atoms with E-state index in [1.165, 1.54) is 4.90 Å². The summed E-state index contributed by atoms with van der Waals surface area (Å²) in [6, 6.07) is 5.49. The third kappa shape index (κ3) is 3.43. The SMILES string of the molecule is C#CCN(CC#N)C(=O)Cc1cccnc1. The Bertz CT molecular complexity index is 412. The molecule has 0 saturated heterocycles. The number of amides is 1. The molecule has 4 heteroatoms. The largest absolute Gasteiger partial charge is 0.318 e. The van der Waals surface area contributed by atoms with Crippen molar-refractivity contribution in [1.29, 1.82) is 5.26 Å². The van der Waals surface area contributed by atoms with E-state index in [-0.39, 0.29) is 25.4 Å². The van der Waals surface area contributed by atoms with E-state index in [4.69, 9.17) is 11.7 Å². The number of pyridine rings is 1. The molecule has 0 aromatic carbocycles. The van der Waals surface area contributed by atoms with Crippen molar-refractivity contribution >= 4 is 5.91 Å². The summed E-state index contributed by atoms with van der Waals surface area (Å²) in [6.07, 6.45) is 8.61. The van der Waals surface area contributed by atoms with Crippen LogP contribution in [-0.4, -0.2) is 28.9 Å². The number of rotatable bonds is 4. The molecule has 0 atom stereocenters. The monoisotopic (exact) mass is 213 g/mol. The van der Waals surface area contributed by atoms with Crippen molar-refractivity contribution in [2.45, 2.75) is 6.42 Å². The molecule has 0 saturated carbocycles. The first-order chi connectivity index (χ1) is 7.77. The van der Waals surface area contributed by atoms with Crippen LogP contribution in [0.15, 0.2) is 24.5 Å². The van der Waals surface area contributed by atoms with E-state index < -0.39 is 0 Å². The van der Waals surface area contributed by atoms with Crippen molar-refractivity contribution in [1.82, 2.24) is 9.88 Å². The Morgan fingerprint density at radius 1 is 1.56 bits per heavy atom. The fourth-order valence-electron chi connectivity index (χ4n) is 1.22. The lowest BCUT2D eigenvalue weighted by atomic mass is 10.2. The third-order valence-corrected chi connectivity index (χ3v) is 1.97. The first-order valence-corrected chi connectivity index (χ1v) is 4.75. The van der Waals surface area contributed by atoms with E-state index in [1.54, 1.807) is 18.5 Å². The molecule has 0 aliphatic rings. The maximum atomic E-state index is 11.7. The number of nitriles is 1. The summed E-state index contributed by atoms with van der Waals surface area (Å²) in [4.78, 5) is 17.0. The predicted octanol–water partition coefficient (Wildman–Crippen LogP) is 0.609. The van der Waals surface area contributed by atoms with Gasteiger partial charge in [-0.15, -0.1) is 6.42 Å². The Hall–Kier alpha value is -2.33. The molecule has 4 nitrogen and oxygen atoms in total. The molecule has 1 aromatic rings. The zero-order valence-corrected chi connectivity index (χ0v) is 8.76. The van der Waals surface area contributed by atoms with Gasteiger partial charge < -0.3 is 4.90 Å². The lowest BCUT2D eigenvalue weighted by molar-refractivity contribution is -0.129. The van der Waals surface area contributed by atoms with Crippen molar-refractivity contribution in [3.8, 4) is 18.4 Å². The fourth-order valence-corrected chi connectivity index (χ4v) is 1.22. The molecule has 0 spiro atoms. The summed E-state index contributed by atoms with van der Waals surface area (Å²) in [7, 11) is 0. The highest BCUT2D eigenvalue weighted by atomic mass is 16.2. The highest BCUT2D eigenvalue weighted by Gasteiger charge is 2.12. The van der Waals surface area contributed by atoms with Crippen LogP contribution in [0.4, 0.5) is 0 Å². The summed E-state index contributed by atoms with van der Waals surface area (Å²) in [5.74, 6) is 2.20. The minimum Gasteiger partial charge on any atom is -0.318 e. The van der Waals surface area contributed by atoms with Crippen LogP contribution in [-0.2, 0) is 11.2 Å². The molecular weight excluding hydrogens is 202 g/mol. The molecule has 80 valence electrons. The highest BCUT2D eigenvalue weighted by Crippen LogP contribution is 2.00. The van der Waals surface area contributed by atoms with Gasteiger partial charge in [-0.3, -0.25) is 9.78 Å². The second-order valence-electron chi connectivity index (χ2n) is 3.15. The van der Waals surface area contributed by atoms with E-state index in [0.717, 1.165) is 5.56 Å². The quantitative estimate of drug-likeness (QED) is 0.544. The Labute approximate surface area is 94.5 Å². The molecule has 1 aromatic heterocycles. The van der Waals surface area contributed by atoms with Crippen LogP contribution in [0.3, 0.4) is 0 Å². The summed E-state index contributed by atoms with van der Waals surface area (Å²) >= 11 is 0. The minimum absolute atomic E-state index is 0.0172. The van der Waals surface area contributed by atoms with Crippen molar-refractivity contribution < 1.29 is 4.79 Å². The summed E-state index contributed by atoms with van der Waals surface area (Å²) in [5, 5.41) is 8.55. The van der Waals surface area contributed by atoms with Crippen molar-refractivity contribution in [2.24, 2.45) is 0 Å². The number of hydrogen-bond donors (Lipinski definition) is 0. The molecule has 1 rings (SSSR count). The molecule has 0 unspecified atom stereocenters. The standard InChI is InChI=1S/C12H11N3O/c1-2-7-15(8-5-13)12(16)9-11-4-3-6-14-10-11/h1,3-4,6,10H,7-9H2. The Kier molecular flexibility index (Phi) is 4.56. The number of terminal acetylenes is 1. The molecule has 0 radical (unpaired) electrons. The van der Waals surface area contributed by atoms with Crippen molar-refractivity contribution in [2.75, 3.05) is 13.1 Å². The van der Waals surface area contributed by atoms with Crippen LogP contribution in [0.5, 0.6) is 0 Å². The molecule has 0 fully saturated rings. The lowest BCUT2D eigenvalue weighted by Gasteiger charge is -2.16. The second-order valence-corrected chi connectivity index (χ2v) is 3.15. The van der Waals surface area contributed by atoms with Crippen LogP contribution in [0.1, 0.15) is 5.56 Å². The van der Waals surface area contributed by atoms with Gasteiger partial charge in [0.05, 0.1) is 19.0 Å². The normalized spacial score (nSPS) is 8.88. The fraction of sp³-hybridized carbons (Fsp3) is 0.250. The number of carbonyl (C=O) groups excluding carboxylic acids is 1. The van der Waals surface area contributed by atoms with Gasteiger partial charge in [-0.2, -0.15) is 5.26 Å². The molecule has 0 aliphatic heterocycles. The Morgan fingerprint density at radius 2 is 2.38 bits per heavy atom. The third-order valence-electron chi connectivity index (χ3n) is 1.97. The van der Waals surface area contributed by atoms with Gasteiger partial charge in [0.1, 0.15) is 6.54 Å². The Balaban J connectivity index is 2.63. The smallest absolute Gasteiger partial charge is 0.228 e. The highest BCUT2D eigenvalue weighted by molar-refractivity contribution is 5.79. The minimum atomic E-state index is -0.160. The van der Waals surface area contributed by atoms with Gasteiger partial charge in [0.15, 0.2) is 0 Å². The molecular formula is C12H11N3O. The van der Waals surface area contributed by atoms with Crippen LogP contribution < -0.4 is 0 Å². The molecule has 1 heterocycles. The van der Waals surface area contributed by atoms with Gasteiger partial charge in [0.2, 0.25) is 5.91 Å². The van der Waals surface area contributed by atoms with Crippen LogP contribution in [0.25, 0.3) is 0 Å². The van der Waals surface area contributed by atoms with Gasteiger partial charge in [-0.25, -0.2) is 0 Å². The molecule has 16 heavy (non-hydrogen) atoms. The van der Waals surface area contributed by atoms with Gasteiger partial charge in [-0.1, -0.05) is 12.0 Å². The maximum Gasteiger partial charge on any atom is 0.228 e. The zero-order valence-electron chi connectivity index (χ0n) is 8.76. The van der Waals surface area contributed by atoms with Crippen molar-refractivity contribution in [3.05, 3.63) is 30.1 Å². The van der Waals surface area contributed by atoms with Crippen LogP contribution in [0, 0.1) is 23.7 Å². The van der Waals surface area contributed by atoms with E-state index in [2.05, 4.69) is 10.9 Å². The van der Waals surface area contributed by atoms with Gasteiger partial charge >= 0.3 is 0 Å². The average molecular weight is 213 g/mol. The topological polar surface area (TPSA) is 57.0 Å². The molecule has 0 bridgehead atoms. The summed E-state index contributed by atoms with van der Waals surface area (Å²) in [5.41, 5.74) is 0.812. The van der Waals surface area contributed by atoms with E-state index in [9.17, 15) is 4.79 Å². The van der Waals surface area contributed by atoms with Gasteiger partial charge in [0.25, 0.3) is 0 Å². The first kappa shape index (κ1) is 11.7. The average Bonchev–Trinajstić information content (AvgIpc) is 2.30. The van der Waals surface area contributed by atoms with Crippen molar-refractivity contribution in [3.63, 3.8) is 0 Å². The van der Waals surface area contributed by atoms with E-state index >= 15 is 0 Å². The summed E-state index contributed by atoms with van der Waals surface area (Å²) in [6.45, 7) is 0.177. The van der Waals surface area contributed by atoms with Crippen LogP contribution >= 0.6 is 0 Å². The molecule has 0 N–H and O–H groups in total. The molecule has 0 aliphatic carbocycles. The van der Waals surface area contributed by atoms with E-state index in [1.807, 2.05) is 12.1 Å². The zero-order chi connectivity index (χ0) is 11.8. The predicted molar refractivity (Wildman–Crippen MR) is 59.0 cm³/mol. The number of nitrogens with zero attached hydrogens (tertiary/aromatic N) is 3. The first-order valence-electron chi connectivity index (χ1n) is 4.75. The Morgan fingerprint density at radius 3 is 2.94 bits per heavy atom. The number of aromatic nitrogens is 1. The van der Waals surface area contributed by atoms with Gasteiger partial charge in [-0.05, 0) is 11.6 Å². The number of hydrogen-bond acceptors (Lipinski definition) is 3. The summed E-state index contributed by atoms with van der Waals surface area (Å²) < 4.78 is 0. The number of carbonyl (C=O) groups is 1. The van der Waals surface area contributed by atoms with Crippen LogP contribution in [0.2, 0.25) is 0 Å². The van der Waals surface area contributed by atoms with E-state index in [0.29, 0.717) is 0 Å². The molecule has 1 amide bonds. The second kappa shape index (κ2) is 6.21. The lowest BCUT2D eigenvalue weighted by Crippen LogP contribution is -2.33. The van der Waals surface area contributed by atoms with Gasteiger partial charge in [0, 0.05) is 12.4 Å².